The smallest absolute Gasteiger partial charge is 0.122 e. The van der Waals surface area contributed by atoms with Crippen molar-refractivity contribution >= 4 is 11.3 Å². The van der Waals surface area contributed by atoms with Gasteiger partial charge in [0.15, 0.2) is 0 Å². The number of nitrogens with zero attached hydrogens (tertiary/aromatic N) is 1. The van der Waals surface area contributed by atoms with Crippen molar-refractivity contribution in [2.24, 2.45) is 11.7 Å². The van der Waals surface area contributed by atoms with Crippen LogP contribution in [-0.2, 0) is 17.7 Å². The Morgan fingerprint density at radius 2 is 2.13 bits per heavy atom. The summed E-state index contributed by atoms with van der Waals surface area (Å²) in [5, 5.41) is 1.06. The number of aromatic nitrogens is 1. The maximum atomic E-state index is 5.69. The first-order chi connectivity index (χ1) is 7.13. The number of hydrogen-bond acceptors (Lipinski definition) is 4. The second-order valence-corrected chi connectivity index (χ2v) is 5.00. The van der Waals surface area contributed by atoms with Crippen molar-refractivity contribution in [3.8, 4) is 0 Å². The van der Waals surface area contributed by atoms with Crippen molar-refractivity contribution in [3.63, 3.8) is 0 Å². The minimum atomic E-state index is 0.0978. The molecule has 4 heteroatoms. The predicted octanol–water partition coefficient (Wildman–Crippen LogP) is 2.51. The Hall–Kier alpha value is -0.450. The zero-order chi connectivity index (χ0) is 11.4. The van der Waals surface area contributed by atoms with Crippen LogP contribution in [0.25, 0.3) is 0 Å². The van der Waals surface area contributed by atoms with E-state index in [1.165, 1.54) is 4.88 Å². The lowest BCUT2D eigenvalue weighted by Gasteiger charge is -2.15. The van der Waals surface area contributed by atoms with Gasteiger partial charge in [-0.2, -0.15) is 0 Å². The number of ether oxygens (including phenoxy) is 1. The molecule has 3 nitrogen and oxygen atoms in total. The first kappa shape index (κ1) is 12.6. The fourth-order valence-electron chi connectivity index (χ4n) is 1.62. The number of methoxy groups -OCH3 is 1. The van der Waals surface area contributed by atoms with Crippen LogP contribution < -0.4 is 5.73 Å². The van der Waals surface area contributed by atoms with Gasteiger partial charge in [0.1, 0.15) is 11.1 Å². The number of hydrogen-bond donors (Lipinski definition) is 1. The molecule has 1 heterocycles. The van der Waals surface area contributed by atoms with E-state index in [9.17, 15) is 0 Å². The summed E-state index contributed by atoms with van der Waals surface area (Å²) >= 11 is 1.68. The Morgan fingerprint density at radius 3 is 2.47 bits per heavy atom. The first-order valence-electron chi connectivity index (χ1n) is 5.35. The first-order valence-corrected chi connectivity index (χ1v) is 6.17. The van der Waals surface area contributed by atoms with Crippen LogP contribution >= 0.6 is 11.3 Å². The van der Waals surface area contributed by atoms with Crippen molar-refractivity contribution in [1.82, 2.24) is 4.98 Å². The van der Waals surface area contributed by atoms with Gasteiger partial charge in [0.2, 0.25) is 0 Å². The maximum absolute atomic E-state index is 5.69. The summed E-state index contributed by atoms with van der Waals surface area (Å²) in [6.07, 6.45) is 1.04. The summed E-state index contributed by atoms with van der Waals surface area (Å²) in [6.45, 7) is 6.97. The van der Waals surface area contributed by atoms with E-state index in [4.69, 9.17) is 10.5 Å². The summed E-state index contributed by atoms with van der Waals surface area (Å²) in [6, 6.07) is 0. The molecule has 0 saturated carbocycles. The van der Waals surface area contributed by atoms with E-state index in [2.05, 4.69) is 25.8 Å². The Morgan fingerprint density at radius 1 is 1.47 bits per heavy atom. The summed E-state index contributed by atoms with van der Waals surface area (Å²) < 4.78 is 5.46. The highest BCUT2D eigenvalue weighted by molar-refractivity contribution is 7.11. The third-order valence-corrected chi connectivity index (χ3v) is 3.60. The van der Waals surface area contributed by atoms with Gasteiger partial charge in [-0.15, -0.1) is 11.3 Å². The van der Waals surface area contributed by atoms with Gasteiger partial charge in [0.25, 0.3) is 0 Å². The summed E-state index contributed by atoms with van der Waals surface area (Å²) in [7, 11) is 1.74. The number of thiazole rings is 1. The van der Waals surface area contributed by atoms with Crippen LogP contribution in [0.2, 0.25) is 0 Å². The van der Waals surface area contributed by atoms with Crippen LogP contribution in [0.1, 0.15) is 42.5 Å². The molecule has 0 aliphatic rings. The SMILES string of the molecule is CCc1nc(C(OC)C(C)C)sc1CN. The van der Waals surface area contributed by atoms with Crippen LogP contribution in [0.4, 0.5) is 0 Å². The fraction of sp³-hybridized carbons (Fsp3) is 0.727. The van der Waals surface area contributed by atoms with Crippen LogP contribution in [0, 0.1) is 5.92 Å². The largest absolute Gasteiger partial charge is 0.374 e. The average Bonchev–Trinajstić information content (AvgIpc) is 2.61. The van der Waals surface area contributed by atoms with Crippen LogP contribution in [0.15, 0.2) is 0 Å². The van der Waals surface area contributed by atoms with E-state index in [1.807, 2.05) is 0 Å². The molecule has 2 N–H and O–H groups in total. The lowest BCUT2D eigenvalue weighted by Crippen LogP contribution is -2.08. The lowest BCUT2D eigenvalue weighted by atomic mass is 10.1. The molecule has 0 bridgehead atoms. The minimum absolute atomic E-state index is 0.0978. The minimum Gasteiger partial charge on any atom is -0.374 e. The number of rotatable bonds is 5. The van der Waals surface area contributed by atoms with E-state index < -0.39 is 0 Å². The Bertz CT molecular complexity index is 288. The number of aryl methyl sites for hydroxylation is 1. The monoisotopic (exact) mass is 228 g/mol. The molecular weight excluding hydrogens is 208 g/mol. The molecule has 1 aromatic rings. The third kappa shape index (κ3) is 2.77. The van der Waals surface area contributed by atoms with Crippen molar-refractivity contribution in [2.45, 2.75) is 39.8 Å². The molecule has 0 spiro atoms. The summed E-state index contributed by atoms with van der Waals surface area (Å²) in [4.78, 5) is 5.80. The van der Waals surface area contributed by atoms with Gasteiger partial charge < -0.3 is 10.5 Å². The highest BCUT2D eigenvalue weighted by Crippen LogP contribution is 2.30. The summed E-state index contributed by atoms with van der Waals surface area (Å²) in [5.74, 6) is 0.441. The quantitative estimate of drug-likeness (QED) is 0.842. The molecule has 0 amide bonds. The van der Waals surface area contributed by atoms with Crippen LogP contribution in [0.5, 0.6) is 0 Å². The molecule has 0 radical (unpaired) electrons. The van der Waals surface area contributed by atoms with Crippen LogP contribution in [-0.4, -0.2) is 12.1 Å². The summed E-state index contributed by atoms with van der Waals surface area (Å²) in [5.41, 5.74) is 6.81. The molecule has 0 aliphatic heterocycles. The second-order valence-electron chi connectivity index (χ2n) is 3.88. The standard InChI is InChI=1S/C11H20N2OS/c1-5-8-9(6-12)15-11(13-8)10(14-4)7(2)3/h7,10H,5-6,12H2,1-4H3. The maximum Gasteiger partial charge on any atom is 0.122 e. The van der Waals surface area contributed by atoms with E-state index in [0.717, 1.165) is 17.1 Å². The molecule has 1 unspecified atom stereocenters. The average molecular weight is 228 g/mol. The van der Waals surface area contributed by atoms with E-state index in [1.54, 1.807) is 18.4 Å². The Balaban J connectivity index is 2.98. The lowest BCUT2D eigenvalue weighted by molar-refractivity contribution is 0.0643. The van der Waals surface area contributed by atoms with Gasteiger partial charge in [0, 0.05) is 18.5 Å². The molecule has 0 aliphatic carbocycles. The Kier molecular flexibility index (Phi) is 4.70. The van der Waals surface area contributed by atoms with Crippen LogP contribution in [0.3, 0.4) is 0 Å². The van der Waals surface area contributed by atoms with Gasteiger partial charge in [-0.25, -0.2) is 4.98 Å². The van der Waals surface area contributed by atoms with E-state index in [-0.39, 0.29) is 6.10 Å². The number of nitrogens with two attached hydrogens (primary N) is 1. The fourth-order valence-corrected chi connectivity index (χ4v) is 2.90. The zero-order valence-electron chi connectivity index (χ0n) is 9.91. The van der Waals surface area contributed by atoms with Crippen molar-refractivity contribution in [3.05, 3.63) is 15.6 Å². The van der Waals surface area contributed by atoms with Gasteiger partial charge in [-0.3, -0.25) is 0 Å². The highest BCUT2D eigenvalue weighted by atomic mass is 32.1. The van der Waals surface area contributed by atoms with Gasteiger partial charge >= 0.3 is 0 Å². The molecular formula is C11H20N2OS. The highest BCUT2D eigenvalue weighted by Gasteiger charge is 2.20. The molecule has 0 fully saturated rings. The molecule has 0 saturated heterocycles. The molecule has 15 heavy (non-hydrogen) atoms. The molecule has 86 valence electrons. The van der Waals surface area contributed by atoms with Crippen molar-refractivity contribution in [1.29, 1.82) is 0 Å². The Labute approximate surface area is 95.7 Å². The third-order valence-electron chi connectivity index (χ3n) is 2.42. The normalized spacial score (nSPS) is 13.5. The van der Waals surface area contributed by atoms with Crippen molar-refractivity contribution < 1.29 is 4.74 Å². The zero-order valence-corrected chi connectivity index (χ0v) is 10.7. The van der Waals surface area contributed by atoms with E-state index in [0.29, 0.717) is 12.5 Å². The van der Waals surface area contributed by atoms with Gasteiger partial charge in [-0.1, -0.05) is 20.8 Å². The topological polar surface area (TPSA) is 48.1 Å². The molecule has 1 rings (SSSR count). The predicted molar refractivity (Wildman–Crippen MR) is 64.0 cm³/mol. The molecule has 0 aromatic carbocycles. The van der Waals surface area contributed by atoms with E-state index >= 15 is 0 Å². The second kappa shape index (κ2) is 5.58. The van der Waals surface area contributed by atoms with Gasteiger partial charge in [-0.05, 0) is 12.3 Å². The van der Waals surface area contributed by atoms with Gasteiger partial charge in [0.05, 0.1) is 5.69 Å². The molecule has 1 aromatic heterocycles. The molecule has 1 atom stereocenters. The van der Waals surface area contributed by atoms with Crippen molar-refractivity contribution in [2.75, 3.05) is 7.11 Å².